The average Bonchev–Trinajstić information content (AvgIpc) is 3.14. The molecule has 0 saturated heterocycles. The SMILES string of the molecule is COC(=O)C(Cc1c[nH]c2ccccc12)NC(=O)/C=C/c1ccc(Cl)c(C(F)(F)F)c1. The summed E-state index contributed by atoms with van der Waals surface area (Å²) in [5.41, 5.74) is 0.833. The van der Waals surface area contributed by atoms with Crippen LogP contribution in [-0.2, 0) is 26.9 Å². The summed E-state index contributed by atoms with van der Waals surface area (Å²) in [6.45, 7) is 0. The van der Waals surface area contributed by atoms with Crippen molar-refractivity contribution in [1.82, 2.24) is 10.3 Å². The van der Waals surface area contributed by atoms with E-state index in [0.717, 1.165) is 34.7 Å². The van der Waals surface area contributed by atoms with Gasteiger partial charge in [0.15, 0.2) is 0 Å². The lowest BCUT2D eigenvalue weighted by Crippen LogP contribution is -2.42. The quantitative estimate of drug-likeness (QED) is 0.420. The molecule has 1 heterocycles. The maximum absolute atomic E-state index is 13.0. The summed E-state index contributed by atoms with van der Waals surface area (Å²) in [6.07, 6.45) is -0.432. The van der Waals surface area contributed by atoms with Gasteiger partial charge in [-0.25, -0.2) is 4.79 Å². The molecule has 2 N–H and O–H groups in total. The molecule has 5 nitrogen and oxygen atoms in total. The standard InChI is InChI=1S/C22H18ClF3N2O3/c1-31-21(30)19(11-14-12-27-18-5-3-2-4-15(14)18)28-20(29)9-7-13-6-8-17(23)16(10-13)22(24,25)26/h2-10,12,19,27H,11H2,1H3,(H,28,29)/b9-7+. The van der Waals surface area contributed by atoms with Crippen molar-refractivity contribution in [3.63, 3.8) is 0 Å². The Morgan fingerprint density at radius 3 is 2.68 bits per heavy atom. The van der Waals surface area contributed by atoms with Crippen LogP contribution in [0.3, 0.4) is 0 Å². The van der Waals surface area contributed by atoms with Crippen molar-refractivity contribution in [1.29, 1.82) is 0 Å². The van der Waals surface area contributed by atoms with Crippen LogP contribution in [-0.4, -0.2) is 30.0 Å². The van der Waals surface area contributed by atoms with Gasteiger partial charge in [0, 0.05) is 29.6 Å². The van der Waals surface area contributed by atoms with Crippen LogP contribution in [0.5, 0.6) is 0 Å². The maximum atomic E-state index is 13.0. The lowest BCUT2D eigenvalue weighted by atomic mass is 10.0. The number of esters is 1. The zero-order chi connectivity index (χ0) is 22.6. The van der Waals surface area contributed by atoms with Crippen molar-refractivity contribution in [2.75, 3.05) is 7.11 Å². The van der Waals surface area contributed by atoms with Gasteiger partial charge < -0.3 is 15.0 Å². The Morgan fingerprint density at radius 1 is 1.23 bits per heavy atom. The number of fused-ring (bicyclic) bond motifs is 1. The number of halogens is 4. The van der Waals surface area contributed by atoms with E-state index in [4.69, 9.17) is 16.3 Å². The number of benzene rings is 2. The maximum Gasteiger partial charge on any atom is 0.417 e. The zero-order valence-corrected chi connectivity index (χ0v) is 17.1. The summed E-state index contributed by atoms with van der Waals surface area (Å²) in [4.78, 5) is 27.6. The third kappa shape index (κ3) is 5.46. The molecule has 162 valence electrons. The Bertz CT molecular complexity index is 1140. The van der Waals surface area contributed by atoms with Crippen LogP contribution in [0.25, 0.3) is 17.0 Å². The lowest BCUT2D eigenvalue weighted by Gasteiger charge is -2.15. The van der Waals surface area contributed by atoms with E-state index in [1.807, 2.05) is 24.3 Å². The van der Waals surface area contributed by atoms with Gasteiger partial charge >= 0.3 is 12.1 Å². The van der Waals surface area contributed by atoms with E-state index in [0.29, 0.717) is 0 Å². The number of ether oxygens (including phenoxy) is 1. The molecule has 3 rings (SSSR count). The first-order valence-electron chi connectivity index (χ1n) is 9.17. The number of amides is 1. The monoisotopic (exact) mass is 450 g/mol. The molecule has 1 aromatic heterocycles. The highest BCUT2D eigenvalue weighted by molar-refractivity contribution is 6.31. The zero-order valence-electron chi connectivity index (χ0n) is 16.3. The van der Waals surface area contributed by atoms with Crippen LogP contribution in [0.1, 0.15) is 16.7 Å². The van der Waals surface area contributed by atoms with Crippen molar-refractivity contribution in [2.24, 2.45) is 0 Å². The summed E-state index contributed by atoms with van der Waals surface area (Å²) < 4.78 is 43.7. The number of methoxy groups -OCH3 is 1. The molecule has 1 unspecified atom stereocenters. The largest absolute Gasteiger partial charge is 0.467 e. The van der Waals surface area contributed by atoms with E-state index < -0.39 is 34.7 Å². The van der Waals surface area contributed by atoms with E-state index in [1.165, 1.54) is 19.3 Å². The second kappa shape index (κ2) is 9.26. The topological polar surface area (TPSA) is 71.2 Å². The highest BCUT2D eigenvalue weighted by Gasteiger charge is 2.33. The van der Waals surface area contributed by atoms with Crippen molar-refractivity contribution in [3.8, 4) is 0 Å². The molecule has 0 fully saturated rings. The molecular formula is C22H18ClF3N2O3. The number of carbonyl (C=O) groups is 2. The molecule has 1 atom stereocenters. The Labute approximate surface area is 180 Å². The van der Waals surface area contributed by atoms with Gasteiger partial charge in [0.05, 0.1) is 17.7 Å². The van der Waals surface area contributed by atoms with Crippen LogP contribution in [0.2, 0.25) is 5.02 Å². The van der Waals surface area contributed by atoms with Gasteiger partial charge in [0.1, 0.15) is 6.04 Å². The highest BCUT2D eigenvalue weighted by Crippen LogP contribution is 2.35. The molecule has 9 heteroatoms. The molecular weight excluding hydrogens is 433 g/mol. The Kier molecular flexibility index (Phi) is 6.70. The first-order valence-corrected chi connectivity index (χ1v) is 9.55. The summed E-state index contributed by atoms with van der Waals surface area (Å²) in [7, 11) is 1.21. The predicted octanol–water partition coefficient (Wildman–Crippen LogP) is 4.75. The Hall–Kier alpha value is -3.26. The number of hydrogen-bond acceptors (Lipinski definition) is 3. The van der Waals surface area contributed by atoms with Gasteiger partial charge in [-0.2, -0.15) is 13.2 Å². The summed E-state index contributed by atoms with van der Waals surface area (Å²) in [5, 5.41) is 3.01. The number of H-pyrrole nitrogens is 1. The fraction of sp³-hybridized carbons (Fsp3) is 0.182. The van der Waals surface area contributed by atoms with Crippen molar-refractivity contribution in [2.45, 2.75) is 18.6 Å². The number of para-hydroxylation sites is 1. The molecule has 31 heavy (non-hydrogen) atoms. The lowest BCUT2D eigenvalue weighted by molar-refractivity contribution is -0.144. The minimum atomic E-state index is -4.61. The van der Waals surface area contributed by atoms with E-state index in [9.17, 15) is 22.8 Å². The van der Waals surface area contributed by atoms with E-state index in [2.05, 4.69) is 10.3 Å². The van der Waals surface area contributed by atoms with E-state index in [1.54, 1.807) is 6.20 Å². The van der Waals surface area contributed by atoms with Gasteiger partial charge in [-0.05, 0) is 35.4 Å². The number of alkyl halides is 3. The number of carbonyl (C=O) groups excluding carboxylic acids is 2. The first kappa shape index (κ1) is 22.4. The van der Waals surface area contributed by atoms with Crippen molar-refractivity contribution >= 4 is 40.5 Å². The predicted molar refractivity (Wildman–Crippen MR) is 111 cm³/mol. The molecule has 2 aromatic carbocycles. The van der Waals surface area contributed by atoms with Gasteiger partial charge in [0.25, 0.3) is 0 Å². The minimum Gasteiger partial charge on any atom is -0.467 e. The van der Waals surface area contributed by atoms with E-state index in [-0.39, 0.29) is 12.0 Å². The molecule has 0 radical (unpaired) electrons. The molecule has 0 aliphatic carbocycles. The summed E-state index contributed by atoms with van der Waals surface area (Å²) in [5.74, 6) is -1.29. The summed E-state index contributed by atoms with van der Waals surface area (Å²) >= 11 is 5.59. The second-order valence-corrected chi connectivity index (χ2v) is 7.13. The third-order valence-electron chi connectivity index (χ3n) is 4.62. The number of aromatic amines is 1. The van der Waals surface area contributed by atoms with Gasteiger partial charge in [-0.3, -0.25) is 4.79 Å². The van der Waals surface area contributed by atoms with Crippen LogP contribution >= 0.6 is 11.6 Å². The van der Waals surface area contributed by atoms with Crippen molar-refractivity contribution < 1.29 is 27.5 Å². The first-order chi connectivity index (χ1) is 14.7. The number of aromatic nitrogens is 1. The number of rotatable bonds is 6. The second-order valence-electron chi connectivity index (χ2n) is 6.72. The molecule has 0 aliphatic rings. The minimum absolute atomic E-state index is 0.137. The molecule has 0 aliphatic heterocycles. The average molecular weight is 451 g/mol. The fourth-order valence-electron chi connectivity index (χ4n) is 3.11. The molecule has 3 aromatic rings. The molecule has 0 spiro atoms. The van der Waals surface area contributed by atoms with Crippen LogP contribution < -0.4 is 5.32 Å². The molecule has 0 saturated carbocycles. The van der Waals surface area contributed by atoms with Crippen molar-refractivity contribution in [3.05, 3.63) is 76.5 Å². The highest BCUT2D eigenvalue weighted by atomic mass is 35.5. The normalized spacial score (nSPS) is 12.8. The molecule has 1 amide bonds. The summed E-state index contributed by atoms with van der Waals surface area (Å²) in [6, 6.07) is 9.82. The number of nitrogens with one attached hydrogen (secondary N) is 2. The molecule has 0 bridgehead atoms. The smallest absolute Gasteiger partial charge is 0.417 e. The van der Waals surface area contributed by atoms with Gasteiger partial charge in [-0.1, -0.05) is 35.9 Å². The number of hydrogen-bond donors (Lipinski definition) is 2. The Morgan fingerprint density at radius 2 is 1.97 bits per heavy atom. The van der Waals surface area contributed by atoms with E-state index >= 15 is 0 Å². The van der Waals surface area contributed by atoms with Crippen LogP contribution in [0, 0.1) is 0 Å². The fourth-order valence-corrected chi connectivity index (χ4v) is 3.34. The van der Waals surface area contributed by atoms with Gasteiger partial charge in [-0.15, -0.1) is 0 Å². The van der Waals surface area contributed by atoms with Gasteiger partial charge in [0.2, 0.25) is 5.91 Å². The van der Waals surface area contributed by atoms with Crippen LogP contribution in [0.15, 0.2) is 54.7 Å². The third-order valence-corrected chi connectivity index (χ3v) is 4.95. The van der Waals surface area contributed by atoms with Crippen LogP contribution in [0.4, 0.5) is 13.2 Å². The Balaban J connectivity index is 1.75.